The lowest BCUT2D eigenvalue weighted by Gasteiger charge is -2.37. The Hall–Kier alpha value is -2.27. The van der Waals surface area contributed by atoms with E-state index in [9.17, 15) is 23.8 Å². The van der Waals surface area contributed by atoms with Crippen LogP contribution in [0.5, 0.6) is 0 Å². The number of aliphatic hydroxyl groups is 2. The molecule has 2 N–H and O–H groups in total. The van der Waals surface area contributed by atoms with Crippen LogP contribution < -0.4 is 4.90 Å². The molecule has 2 aromatic rings. The first-order valence-corrected chi connectivity index (χ1v) is 13.3. The SMILES string of the molecule is Cc1c(Cl)cccc1N1CCN(C(=O)Cn2nc(C(O)N3CCC(O)CC3)c3c2CCC(F)(F)C3)CC1. The number of likely N-dealkylation sites (tertiary alicyclic amines) is 1. The molecular formula is C26H34ClF2N5O3. The maximum absolute atomic E-state index is 14.4. The minimum absolute atomic E-state index is 0.0461. The maximum atomic E-state index is 14.4. The second kappa shape index (κ2) is 10.5. The minimum Gasteiger partial charge on any atom is -0.393 e. The molecule has 1 aliphatic carbocycles. The first kappa shape index (κ1) is 26.3. The van der Waals surface area contributed by atoms with Gasteiger partial charge in [0.15, 0.2) is 6.23 Å². The van der Waals surface area contributed by atoms with Crippen molar-refractivity contribution in [2.24, 2.45) is 0 Å². The molecule has 37 heavy (non-hydrogen) atoms. The van der Waals surface area contributed by atoms with E-state index >= 15 is 0 Å². The number of alkyl halides is 2. The van der Waals surface area contributed by atoms with Gasteiger partial charge in [-0.15, -0.1) is 0 Å². The quantitative estimate of drug-likeness (QED) is 0.610. The van der Waals surface area contributed by atoms with Crippen molar-refractivity contribution in [3.8, 4) is 0 Å². The Kier molecular flexibility index (Phi) is 7.46. The molecule has 3 heterocycles. The van der Waals surface area contributed by atoms with Gasteiger partial charge < -0.3 is 20.0 Å². The Bertz CT molecular complexity index is 1140. The van der Waals surface area contributed by atoms with Crippen LogP contribution in [-0.2, 0) is 24.2 Å². The summed E-state index contributed by atoms with van der Waals surface area (Å²) in [5.74, 6) is -2.99. The number of aromatic nitrogens is 2. The Morgan fingerprint density at radius 1 is 1.19 bits per heavy atom. The Balaban J connectivity index is 1.30. The smallest absolute Gasteiger partial charge is 0.252 e. The summed E-state index contributed by atoms with van der Waals surface area (Å²) in [6.45, 7) is 5.26. The number of hydrogen-bond donors (Lipinski definition) is 2. The van der Waals surface area contributed by atoms with E-state index in [-0.39, 0.29) is 31.0 Å². The van der Waals surface area contributed by atoms with Crippen molar-refractivity contribution in [2.45, 2.75) is 63.8 Å². The second-order valence-corrected chi connectivity index (χ2v) is 10.8. The summed E-state index contributed by atoms with van der Waals surface area (Å²) in [5, 5.41) is 26.1. The fourth-order valence-corrected chi connectivity index (χ4v) is 5.85. The third-order valence-corrected chi connectivity index (χ3v) is 8.36. The van der Waals surface area contributed by atoms with Crippen LogP contribution in [0.3, 0.4) is 0 Å². The van der Waals surface area contributed by atoms with Gasteiger partial charge in [-0.25, -0.2) is 8.78 Å². The van der Waals surface area contributed by atoms with E-state index in [1.54, 1.807) is 9.80 Å². The van der Waals surface area contributed by atoms with Crippen LogP contribution in [0, 0.1) is 6.92 Å². The second-order valence-electron chi connectivity index (χ2n) is 10.4. The van der Waals surface area contributed by atoms with Gasteiger partial charge in [0.2, 0.25) is 5.91 Å². The van der Waals surface area contributed by atoms with Gasteiger partial charge in [0.1, 0.15) is 12.2 Å². The highest BCUT2D eigenvalue weighted by Crippen LogP contribution is 2.37. The standard InChI is InChI=1S/C26H34ClF2N5O3/c1-17-20(27)3-2-4-21(17)31-11-13-32(14-12-31)23(36)16-34-22-5-8-26(28,29)15-19(22)24(30-34)25(37)33-9-6-18(35)7-10-33/h2-4,18,25,35,37H,5-16H2,1H3. The average molecular weight is 538 g/mol. The van der Waals surface area contributed by atoms with Gasteiger partial charge in [-0.3, -0.25) is 14.4 Å². The van der Waals surface area contributed by atoms with E-state index in [0.29, 0.717) is 68.4 Å². The molecule has 0 saturated carbocycles. The number of piperazine rings is 1. The molecule has 1 aromatic heterocycles. The van der Waals surface area contributed by atoms with E-state index in [4.69, 9.17) is 11.6 Å². The minimum atomic E-state index is -2.87. The Morgan fingerprint density at radius 2 is 1.89 bits per heavy atom. The molecule has 11 heteroatoms. The summed E-state index contributed by atoms with van der Waals surface area (Å²) in [6.07, 6.45) is -1.23. The number of aliphatic hydroxyl groups excluding tert-OH is 2. The normalized spacial score (nSPS) is 21.7. The number of piperidine rings is 1. The summed E-state index contributed by atoms with van der Waals surface area (Å²) in [4.78, 5) is 19.0. The molecule has 1 unspecified atom stereocenters. The van der Waals surface area contributed by atoms with Crippen molar-refractivity contribution in [1.82, 2.24) is 19.6 Å². The van der Waals surface area contributed by atoms with Gasteiger partial charge in [0.25, 0.3) is 5.92 Å². The lowest BCUT2D eigenvalue weighted by molar-refractivity contribution is -0.132. The van der Waals surface area contributed by atoms with Gasteiger partial charge >= 0.3 is 0 Å². The number of benzene rings is 1. The molecule has 0 spiro atoms. The van der Waals surface area contributed by atoms with E-state index in [1.807, 2.05) is 25.1 Å². The van der Waals surface area contributed by atoms with Crippen LogP contribution >= 0.6 is 11.6 Å². The summed E-state index contributed by atoms with van der Waals surface area (Å²) >= 11 is 6.28. The Morgan fingerprint density at radius 3 is 2.59 bits per heavy atom. The molecule has 0 bridgehead atoms. The predicted molar refractivity (Wildman–Crippen MR) is 136 cm³/mol. The molecule has 1 amide bonds. The first-order valence-electron chi connectivity index (χ1n) is 13.0. The van der Waals surface area contributed by atoms with Gasteiger partial charge in [0, 0.05) is 74.1 Å². The van der Waals surface area contributed by atoms with E-state index in [1.165, 1.54) is 4.68 Å². The highest BCUT2D eigenvalue weighted by molar-refractivity contribution is 6.31. The average Bonchev–Trinajstić information content (AvgIpc) is 3.21. The van der Waals surface area contributed by atoms with Crippen LogP contribution in [-0.4, -0.2) is 87.0 Å². The molecular weight excluding hydrogens is 504 g/mol. The number of nitrogens with zero attached hydrogens (tertiary/aromatic N) is 5. The third kappa shape index (κ3) is 5.48. The van der Waals surface area contributed by atoms with Gasteiger partial charge in [-0.05, 0) is 43.9 Å². The monoisotopic (exact) mass is 537 g/mol. The summed E-state index contributed by atoms with van der Waals surface area (Å²) < 4.78 is 30.2. The number of anilines is 1. The van der Waals surface area contributed by atoms with Crippen molar-refractivity contribution < 1.29 is 23.8 Å². The zero-order chi connectivity index (χ0) is 26.3. The number of carbonyl (C=O) groups excluding carboxylic acids is 1. The van der Waals surface area contributed by atoms with Crippen molar-refractivity contribution in [1.29, 1.82) is 0 Å². The summed E-state index contributed by atoms with van der Waals surface area (Å²) in [5.41, 5.74) is 3.24. The zero-order valence-electron chi connectivity index (χ0n) is 21.0. The molecule has 3 aliphatic rings. The van der Waals surface area contributed by atoms with E-state index in [0.717, 1.165) is 11.3 Å². The molecule has 2 aliphatic heterocycles. The molecule has 1 atom stereocenters. The number of carbonyl (C=O) groups is 1. The number of halogens is 3. The van der Waals surface area contributed by atoms with Crippen LogP contribution in [0.1, 0.15) is 48.0 Å². The Labute approximate surface area is 220 Å². The molecule has 2 fully saturated rings. The molecule has 0 radical (unpaired) electrons. The predicted octanol–water partition coefficient (Wildman–Crippen LogP) is 2.77. The van der Waals surface area contributed by atoms with Crippen molar-refractivity contribution >= 4 is 23.2 Å². The van der Waals surface area contributed by atoms with Crippen molar-refractivity contribution in [3.05, 3.63) is 45.7 Å². The fraction of sp³-hybridized carbons (Fsp3) is 0.615. The molecule has 8 nitrogen and oxygen atoms in total. The number of fused-ring (bicyclic) bond motifs is 1. The molecule has 5 rings (SSSR count). The topological polar surface area (TPSA) is 85.1 Å². The highest BCUT2D eigenvalue weighted by Gasteiger charge is 2.40. The third-order valence-electron chi connectivity index (χ3n) is 7.95. The summed E-state index contributed by atoms with van der Waals surface area (Å²) in [7, 11) is 0. The van der Waals surface area contributed by atoms with Gasteiger partial charge in [-0.1, -0.05) is 17.7 Å². The summed E-state index contributed by atoms with van der Waals surface area (Å²) in [6, 6.07) is 5.81. The lowest BCUT2D eigenvalue weighted by Crippen LogP contribution is -2.50. The molecule has 202 valence electrons. The van der Waals surface area contributed by atoms with Crippen molar-refractivity contribution in [2.75, 3.05) is 44.2 Å². The van der Waals surface area contributed by atoms with E-state index in [2.05, 4.69) is 10.00 Å². The first-order chi connectivity index (χ1) is 17.6. The van der Waals surface area contributed by atoms with Crippen LogP contribution in [0.25, 0.3) is 0 Å². The number of hydrogen-bond acceptors (Lipinski definition) is 6. The largest absolute Gasteiger partial charge is 0.393 e. The number of rotatable bonds is 5. The van der Waals surface area contributed by atoms with Crippen LogP contribution in [0.2, 0.25) is 5.02 Å². The fourth-order valence-electron chi connectivity index (χ4n) is 5.68. The zero-order valence-corrected chi connectivity index (χ0v) is 21.8. The van der Waals surface area contributed by atoms with Crippen LogP contribution in [0.15, 0.2) is 18.2 Å². The van der Waals surface area contributed by atoms with Gasteiger partial charge in [-0.2, -0.15) is 5.10 Å². The van der Waals surface area contributed by atoms with Gasteiger partial charge in [0.05, 0.1) is 6.10 Å². The number of amides is 1. The molecule has 1 aromatic carbocycles. The maximum Gasteiger partial charge on any atom is 0.252 e. The highest BCUT2D eigenvalue weighted by atomic mass is 35.5. The van der Waals surface area contributed by atoms with Crippen molar-refractivity contribution in [3.63, 3.8) is 0 Å². The lowest BCUT2D eigenvalue weighted by atomic mass is 9.91. The van der Waals surface area contributed by atoms with E-state index < -0.39 is 24.7 Å². The molecule has 2 saturated heterocycles. The van der Waals surface area contributed by atoms with Crippen LogP contribution in [0.4, 0.5) is 14.5 Å².